The summed E-state index contributed by atoms with van der Waals surface area (Å²) in [4.78, 5) is 9.35. The van der Waals surface area contributed by atoms with E-state index in [1.165, 1.54) is 56.9 Å². The van der Waals surface area contributed by atoms with Crippen LogP contribution in [0.1, 0.15) is 89.5 Å². The lowest BCUT2D eigenvalue weighted by atomic mass is 9.77. The molecule has 0 atom stereocenters. The van der Waals surface area contributed by atoms with E-state index in [0.29, 0.717) is 5.92 Å². The van der Waals surface area contributed by atoms with Crippen molar-refractivity contribution in [2.24, 2.45) is 5.92 Å². The predicted octanol–water partition coefficient (Wildman–Crippen LogP) is 7.94. The van der Waals surface area contributed by atoms with Gasteiger partial charge in [0, 0.05) is 18.0 Å². The third kappa shape index (κ3) is 6.53. The van der Waals surface area contributed by atoms with E-state index < -0.39 is 0 Å². The van der Waals surface area contributed by atoms with Crippen LogP contribution in [0.15, 0.2) is 35.1 Å². The van der Waals surface area contributed by atoms with E-state index >= 15 is 0 Å². The van der Waals surface area contributed by atoms with Gasteiger partial charge in [0.1, 0.15) is 5.75 Å². The molecule has 1 aliphatic carbocycles. The quantitative estimate of drug-likeness (QED) is 0.338. The van der Waals surface area contributed by atoms with Crippen molar-refractivity contribution >= 4 is 15.9 Å². The Kier molecular flexibility index (Phi) is 8.97. The molecule has 0 unspecified atom stereocenters. The molecule has 1 aromatic carbocycles. The van der Waals surface area contributed by atoms with Crippen molar-refractivity contribution in [3.05, 3.63) is 40.6 Å². The van der Waals surface area contributed by atoms with Crippen LogP contribution in [0.2, 0.25) is 0 Å². The van der Waals surface area contributed by atoms with Crippen LogP contribution in [-0.4, -0.2) is 16.6 Å². The molecule has 3 rings (SSSR count). The zero-order chi connectivity index (χ0) is 20.5. The van der Waals surface area contributed by atoms with Gasteiger partial charge in [-0.1, -0.05) is 46.0 Å². The van der Waals surface area contributed by atoms with Crippen molar-refractivity contribution in [2.45, 2.75) is 84.0 Å². The molecule has 29 heavy (non-hydrogen) atoms. The SMILES string of the molecule is CCCCC[C@H]1CC[C@H](c2cnc(-c3ccc(OCCCC)c(Br)c3)nc2)CC1. The molecule has 1 saturated carbocycles. The summed E-state index contributed by atoms with van der Waals surface area (Å²) in [6.45, 7) is 5.21. The maximum Gasteiger partial charge on any atom is 0.159 e. The van der Waals surface area contributed by atoms with E-state index in [0.717, 1.165) is 47.0 Å². The van der Waals surface area contributed by atoms with E-state index in [1.54, 1.807) is 0 Å². The second kappa shape index (κ2) is 11.7. The van der Waals surface area contributed by atoms with Crippen LogP contribution in [0, 0.1) is 5.92 Å². The first kappa shape index (κ1) is 22.3. The highest BCUT2D eigenvalue weighted by Gasteiger charge is 2.22. The minimum atomic E-state index is 0.632. The van der Waals surface area contributed by atoms with Gasteiger partial charge in [-0.25, -0.2) is 9.97 Å². The summed E-state index contributed by atoms with van der Waals surface area (Å²) < 4.78 is 6.78. The molecule has 0 spiro atoms. The van der Waals surface area contributed by atoms with Crippen molar-refractivity contribution in [1.82, 2.24) is 9.97 Å². The first-order chi connectivity index (χ1) is 14.2. The fourth-order valence-electron chi connectivity index (χ4n) is 4.25. The fourth-order valence-corrected chi connectivity index (χ4v) is 4.74. The molecule has 0 bridgehead atoms. The van der Waals surface area contributed by atoms with Crippen LogP contribution >= 0.6 is 15.9 Å². The van der Waals surface area contributed by atoms with Gasteiger partial charge < -0.3 is 4.74 Å². The van der Waals surface area contributed by atoms with Crippen molar-refractivity contribution in [3.8, 4) is 17.1 Å². The van der Waals surface area contributed by atoms with Gasteiger partial charge >= 0.3 is 0 Å². The van der Waals surface area contributed by atoms with Gasteiger partial charge in [-0.05, 0) is 83.6 Å². The Morgan fingerprint density at radius 3 is 2.34 bits per heavy atom. The second-order valence-corrected chi connectivity index (χ2v) is 9.25. The number of nitrogens with zero attached hydrogens (tertiary/aromatic N) is 2. The molecule has 1 fully saturated rings. The average Bonchev–Trinajstić information content (AvgIpc) is 2.76. The Bertz CT molecular complexity index is 739. The van der Waals surface area contributed by atoms with Crippen LogP contribution in [0.4, 0.5) is 0 Å². The van der Waals surface area contributed by atoms with Crippen LogP contribution in [0.5, 0.6) is 5.75 Å². The number of ether oxygens (including phenoxy) is 1. The van der Waals surface area contributed by atoms with Crippen molar-refractivity contribution in [2.75, 3.05) is 6.61 Å². The number of hydrogen-bond acceptors (Lipinski definition) is 3. The Labute approximate surface area is 184 Å². The Hall–Kier alpha value is -1.42. The summed E-state index contributed by atoms with van der Waals surface area (Å²) in [6, 6.07) is 6.10. The minimum absolute atomic E-state index is 0.632. The molecule has 0 radical (unpaired) electrons. The maximum atomic E-state index is 5.82. The van der Waals surface area contributed by atoms with E-state index in [2.05, 4.69) is 45.8 Å². The molecule has 2 aromatic rings. The number of unbranched alkanes of at least 4 members (excludes halogenated alkanes) is 3. The Balaban J connectivity index is 1.56. The summed E-state index contributed by atoms with van der Waals surface area (Å²) in [7, 11) is 0. The standard InChI is InChI=1S/C25H35BrN2O/c1-3-5-7-8-19-9-11-20(12-10-19)22-17-27-25(28-18-22)21-13-14-24(23(26)16-21)29-15-6-4-2/h13-14,16-20H,3-12,15H2,1-2H3/t19-,20-. The Morgan fingerprint density at radius 2 is 1.69 bits per heavy atom. The molecule has 1 aromatic heterocycles. The zero-order valence-corrected chi connectivity index (χ0v) is 19.6. The lowest BCUT2D eigenvalue weighted by Crippen LogP contribution is -2.14. The first-order valence-corrected chi connectivity index (χ1v) is 12.2. The maximum absolute atomic E-state index is 5.82. The van der Waals surface area contributed by atoms with Gasteiger partial charge in [0.2, 0.25) is 0 Å². The molecular weight excluding hydrogens is 424 g/mol. The first-order valence-electron chi connectivity index (χ1n) is 11.5. The summed E-state index contributed by atoms with van der Waals surface area (Å²) in [5.41, 5.74) is 2.32. The molecule has 4 heteroatoms. The van der Waals surface area contributed by atoms with Crippen LogP contribution in [-0.2, 0) is 0 Å². The van der Waals surface area contributed by atoms with Gasteiger partial charge in [0.05, 0.1) is 11.1 Å². The largest absolute Gasteiger partial charge is 0.492 e. The summed E-state index contributed by atoms with van der Waals surface area (Å²) in [5.74, 6) is 3.23. The van der Waals surface area contributed by atoms with Crippen LogP contribution in [0.25, 0.3) is 11.4 Å². The Morgan fingerprint density at radius 1 is 0.966 bits per heavy atom. The smallest absolute Gasteiger partial charge is 0.159 e. The highest BCUT2D eigenvalue weighted by atomic mass is 79.9. The fraction of sp³-hybridized carbons (Fsp3) is 0.600. The number of hydrogen-bond donors (Lipinski definition) is 0. The molecule has 1 heterocycles. The number of aromatic nitrogens is 2. The number of halogens is 1. The van der Waals surface area contributed by atoms with Crippen LogP contribution in [0.3, 0.4) is 0 Å². The van der Waals surface area contributed by atoms with E-state index in [-0.39, 0.29) is 0 Å². The predicted molar refractivity (Wildman–Crippen MR) is 124 cm³/mol. The van der Waals surface area contributed by atoms with Crippen molar-refractivity contribution in [1.29, 1.82) is 0 Å². The van der Waals surface area contributed by atoms with Gasteiger partial charge in [-0.3, -0.25) is 0 Å². The third-order valence-corrected chi connectivity index (χ3v) is 6.77. The van der Waals surface area contributed by atoms with Crippen LogP contribution < -0.4 is 4.74 Å². The normalized spacial score (nSPS) is 19.3. The summed E-state index contributed by atoms with van der Waals surface area (Å²) in [5, 5.41) is 0. The minimum Gasteiger partial charge on any atom is -0.492 e. The molecule has 1 aliphatic rings. The van der Waals surface area contributed by atoms with E-state index in [9.17, 15) is 0 Å². The van der Waals surface area contributed by atoms with Gasteiger partial charge in [0.25, 0.3) is 0 Å². The highest BCUT2D eigenvalue weighted by molar-refractivity contribution is 9.10. The number of rotatable bonds is 10. The van der Waals surface area contributed by atoms with E-state index in [1.807, 2.05) is 24.5 Å². The highest BCUT2D eigenvalue weighted by Crippen LogP contribution is 2.37. The van der Waals surface area contributed by atoms with E-state index in [4.69, 9.17) is 4.74 Å². The zero-order valence-electron chi connectivity index (χ0n) is 18.0. The van der Waals surface area contributed by atoms with Gasteiger partial charge in [0.15, 0.2) is 5.82 Å². The molecule has 0 N–H and O–H groups in total. The molecule has 158 valence electrons. The lowest BCUT2D eigenvalue weighted by molar-refractivity contribution is 0.302. The molecule has 3 nitrogen and oxygen atoms in total. The molecule has 0 saturated heterocycles. The van der Waals surface area contributed by atoms with Crippen molar-refractivity contribution in [3.63, 3.8) is 0 Å². The third-order valence-electron chi connectivity index (χ3n) is 6.15. The van der Waals surface area contributed by atoms with Gasteiger partial charge in [-0.15, -0.1) is 0 Å². The summed E-state index contributed by atoms with van der Waals surface area (Å²) in [6.07, 6.45) is 17.1. The molecular formula is C25H35BrN2O. The monoisotopic (exact) mass is 458 g/mol. The van der Waals surface area contributed by atoms with Gasteiger partial charge in [-0.2, -0.15) is 0 Å². The number of benzene rings is 1. The lowest BCUT2D eigenvalue weighted by Gasteiger charge is -2.28. The topological polar surface area (TPSA) is 35.0 Å². The molecule has 0 amide bonds. The molecule has 0 aliphatic heterocycles. The second-order valence-electron chi connectivity index (χ2n) is 8.40. The summed E-state index contributed by atoms with van der Waals surface area (Å²) >= 11 is 3.62. The average molecular weight is 459 g/mol. The van der Waals surface area contributed by atoms with Crippen molar-refractivity contribution < 1.29 is 4.74 Å².